The summed E-state index contributed by atoms with van der Waals surface area (Å²) in [7, 11) is -4.00. The van der Waals surface area contributed by atoms with Crippen LogP contribution in [0, 0.1) is 5.82 Å². The molecular formula is C31H34Cl2FN3O4S. The molecule has 3 aromatic carbocycles. The van der Waals surface area contributed by atoms with Crippen LogP contribution in [0.5, 0.6) is 0 Å². The molecule has 224 valence electrons. The van der Waals surface area contributed by atoms with E-state index in [2.05, 4.69) is 5.32 Å². The maximum atomic E-state index is 14.1. The van der Waals surface area contributed by atoms with Gasteiger partial charge in [0.2, 0.25) is 21.8 Å². The van der Waals surface area contributed by atoms with E-state index in [4.69, 9.17) is 23.2 Å². The minimum absolute atomic E-state index is 0.00611. The van der Waals surface area contributed by atoms with Crippen molar-refractivity contribution < 1.29 is 22.4 Å². The number of rotatable bonds is 11. The van der Waals surface area contributed by atoms with Crippen molar-refractivity contribution in [2.24, 2.45) is 0 Å². The molecule has 1 aliphatic rings. The normalized spacial score (nSPS) is 14.7. The second-order valence-corrected chi connectivity index (χ2v) is 13.3. The third-order valence-corrected chi connectivity index (χ3v) is 9.21. The predicted octanol–water partition coefficient (Wildman–Crippen LogP) is 5.99. The van der Waals surface area contributed by atoms with Gasteiger partial charge in [-0.2, -0.15) is 0 Å². The molecule has 1 fully saturated rings. The number of nitrogens with one attached hydrogen (secondary N) is 1. The molecule has 0 spiro atoms. The predicted molar refractivity (Wildman–Crippen MR) is 165 cm³/mol. The fourth-order valence-electron chi connectivity index (χ4n) is 5.18. The van der Waals surface area contributed by atoms with Crippen LogP contribution in [-0.4, -0.2) is 50.0 Å². The maximum Gasteiger partial charge on any atom is 0.244 e. The monoisotopic (exact) mass is 633 g/mol. The number of anilines is 1. The van der Waals surface area contributed by atoms with E-state index in [1.54, 1.807) is 18.2 Å². The van der Waals surface area contributed by atoms with E-state index in [-0.39, 0.29) is 35.6 Å². The van der Waals surface area contributed by atoms with Crippen molar-refractivity contribution in [3.63, 3.8) is 0 Å². The zero-order chi connectivity index (χ0) is 30.3. The second kappa shape index (κ2) is 14.4. The van der Waals surface area contributed by atoms with Gasteiger partial charge in [0.25, 0.3) is 0 Å². The van der Waals surface area contributed by atoms with Gasteiger partial charge in [-0.25, -0.2) is 12.8 Å². The van der Waals surface area contributed by atoms with Crippen molar-refractivity contribution in [1.82, 2.24) is 10.2 Å². The van der Waals surface area contributed by atoms with E-state index >= 15 is 0 Å². The molecule has 11 heteroatoms. The molecule has 0 heterocycles. The highest BCUT2D eigenvalue weighted by atomic mass is 35.5. The SMILES string of the molecule is CS(=O)(=O)N(CC(=O)N(Cc1ccc(Cl)c(Cl)c1)[C@H](Cc1ccccc1)C(=O)NC1CCCCC1)c1cccc(F)c1. The summed E-state index contributed by atoms with van der Waals surface area (Å²) in [4.78, 5) is 29.4. The first-order valence-corrected chi connectivity index (χ1v) is 16.4. The number of carbonyl (C=O) groups excluding carboxylic acids is 2. The summed E-state index contributed by atoms with van der Waals surface area (Å²) in [6.45, 7) is -0.669. The molecule has 3 aromatic rings. The molecule has 1 saturated carbocycles. The lowest BCUT2D eigenvalue weighted by Crippen LogP contribution is -2.55. The highest BCUT2D eigenvalue weighted by Crippen LogP contribution is 2.26. The molecule has 1 atom stereocenters. The number of hydrogen-bond acceptors (Lipinski definition) is 4. The molecule has 2 amide bonds. The van der Waals surface area contributed by atoms with Gasteiger partial charge in [-0.3, -0.25) is 13.9 Å². The highest BCUT2D eigenvalue weighted by Gasteiger charge is 2.34. The standard InChI is InChI=1S/C31H34Cl2FN3O4S/c1-42(40,41)37(26-14-8-11-24(34)19-26)21-30(38)36(20-23-15-16-27(32)28(33)17-23)29(18-22-9-4-2-5-10-22)31(39)35-25-12-6-3-7-13-25/h2,4-5,8-11,14-17,19,25,29H,3,6-7,12-13,18,20-21H2,1H3,(H,35,39)/t29-/m1/s1. The smallest absolute Gasteiger partial charge is 0.244 e. The lowest BCUT2D eigenvalue weighted by molar-refractivity contribution is -0.140. The molecule has 0 bridgehead atoms. The number of hydrogen-bond donors (Lipinski definition) is 1. The fraction of sp³-hybridized carbons (Fsp3) is 0.355. The van der Waals surface area contributed by atoms with Crippen molar-refractivity contribution in [3.05, 3.63) is 99.8 Å². The Kier molecular flexibility index (Phi) is 10.9. The van der Waals surface area contributed by atoms with Crippen LogP contribution < -0.4 is 9.62 Å². The number of nitrogens with zero attached hydrogens (tertiary/aromatic N) is 2. The molecule has 7 nitrogen and oxygen atoms in total. The number of carbonyl (C=O) groups is 2. The van der Waals surface area contributed by atoms with Crippen LogP contribution in [0.3, 0.4) is 0 Å². The van der Waals surface area contributed by atoms with Gasteiger partial charge in [-0.15, -0.1) is 0 Å². The van der Waals surface area contributed by atoms with E-state index in [1.807, 2.05) is 30.3 Å². The third kappa shape index (κ3) is 8.69. The number of halogens is 3. The quantitative estimate of drug-likeness (QED) is 0.281. The Bertz CT molecular complexity index is 1500. The maximum absolute atomic E-state index is 14.1. The van der Waals surface area contributed by atoms with Crippen LogP contribution in [0.4, 0.5) is 10.1 Å². The highest BCUT2D eigenvalue weighted by molar-refractivity contribution is 7.92. The van der Waals surface area contributed by atoms with Crippen LogP contribution in [-0.2, 0) is 32.6 Å². The summed E-state index contributed by atoms with van der Waals surface area (Å²) < 4.78 is 40.6. The number of sulfonamides is 1. The minimum Gasteiger partial charge on any atom is -0.352 e. The van der Waals surface area contributed by atoms with Crippen LogP contribution in [0.15, 0.2) is 72.8 Å². The van der Waals surface area contributed by atoms with Crippen LogP contribution >= 0.6 is 23.2 Å². The molecule has 1 aliphatic carbocycles. The third-order valence-electron chi connectivity index (χ3n) is 7.33. The Morgan fingerprint density at radius 2 is 1.64 bits per heavy atom. The summed E-state index contributed by atoms with van der Waals surface area (Å²) in [5.41, 5.74) is 1.45. The number of benzene rings is 3. The van der Waals surface area contributed by atoms with E-state index in [0.717, 1.165) is 54.3 Å². The van der Waals surface area contributed by atoms with Crippen LogP contribution in [0.25, 0.3) is 0 Å². The average Bonchev–Trinajstić information content (AvgIpc) is 2.95. The largest absolute Gasteiger partial charge is 0.352 e. The minimum atomic E-state index is -4.00. The fourth-order valence-corrected chi connectivity index (χ4v) is 6.34. The molecule has 4 rings (SSSR count). The first-order chi connectivity index (χ1) is 20.0. The first kappa shape index (κ1) is 31.8. The van der Waals surface area contributed by atoms with Crippen molar-refractivity contribution in [3.8, 4) is 0 Å². The Labute approximate surface area is 256 Å². The Morgan fingerprint density at radius 3 is 2.29 bits per heavy atom. The van der Waals surface area contributed by atoms with Crippen molar-refractivity contribution >= 4 is 50.7 Å². The molecule has 42 heavy (non-hydrogen) atoms. The van der Waals surface area contributed by atoms with E-state index < -0.39 is 34.3 Å². The average molecular weight is 635 g/mol. The summed E-state index contributed by atoms with van der Waals surface area (Å²) in [5, 5.41) is 3.76. The second-order valence-electron chi connectivity index (χ2n) is 10.6. The van der Waals surface area contributed by atoms with Crippen molar-refractivity contribution in [1.29, 1.82) is 0 Å². The molecule has 1 N–H and O–H groups in total. The summed E-state index contributed by atoms with van der Waals surface area (Å²) in [5.74, 6) is -1.60. The Morgan fingerprint density at radius 1 is 0.929 bits per heavy atom. The van der Waals surface area contributed by atoms with Gasteiger partial charge < -0.3 is 10.2 Å². The van der Waals surface area contributed by atoms with Gasteiger partial charge in [-0.05, 0) is 54.3 Å². The van der Waals surface area contributed by atoms with Gasteiger partial charge >= 0.3 is 0 Å². The van der Waals surface area contributed by atoms with Crippen LogP contribution in [0.2, 0.25) is 10.0 Å². The van der Waals surface area contributed by atoms with Gasteiger partial charge in [0.1, 0.15) is 18.4 Å². The van der Waals surface area contributed by atoms with E-state index in [1.165, 1.54) is 23.1 Å². The van der Waals surface area contributed by atoms with Gasteiger partial charge in [0.05, 0.1) is 22.0 Å². The van der Waals surface area contributed by atoms with Crippen LogP contribution in [0.1, 0.15) is 43.2 Å². The van der Waals surface area contributed by atoms with Gasteiger partial charge in [-0.1, -0.05) is 84.9 Å². The molecular weight excluding hydrogens is 600 g/mol. The molecule has 0 unspecified atom stereocenters. The lowest BCUT2D eigenvalue weighted by atomic mass is 9.94. The van der Waals surface area contributed by atoms with E-state index in [0.29, 0.717) is 10.6 Å². The lowest BCUT2D eigenvalue weighted by Gasteiger charge is -2.35. The topological polar surface area (TPSA) is 86.8 Å². The summed E-state index contributed by atoms with van der Waals surface area (Å²) in [6, 6.07) is 18.3. The molecule has 0 aromatic heterocycles. The number of amides is 2. The van der Waals surface area contributed by atoms with Crippen molar-refractivity contribution in [2.75, 3.05) is 17.1 Å². The molecule has 0 saturated heterocycles. The van der Waals surface area contributed by atoms with E-state index in [9.17, 15) is 22.4 Å². The Balaban J connectivity index is 1.74. The first-order valence-electron chi connectivity index (χ1n) is 13.8. The van der Waals surface area contributed by atoms with Gasteiger partial charge in [0, 0.05) is 19.0 Å². The summed E-state index contributed by atoms with van der Waals surface area (Å²) >= 11 is 12.4. The summed E-state index contributed by atoms with van der Waals surface area (Å²) in [6.07, 6.45) is 5.99. The van der Waals surface area contributed by atoms with Crippen molar-refractivity contribution in [2.45, 2.75) is 57.2 Å². The van der Waals surface area contributed by atoms with Gasteiger partial charge in [0.15, 0.2) is 0 Å². The zero-order valence-electron chi connectivity index (χ0n) is 23.3. The zero-order valence-corrected chi connectivity index (χ0v) is 25.6. The Hall–Kier alpha value is -3.14. The molecule has 0 radical (unpaired) electrons. The molecule has 0 aliphatic heterocycles.